The molecule has 3 aromatic carbocycles. The smallest absolute Gasteiger partial charge is 0.285 e. The lowest BCUT2D eigenvalue weighted by molar-refractivity contribution is -0.177. The lowest BCUT2D eigenvalue weighted by Gasteiger charge is -2.31. The van der Waals surface area contributed by atoms with E-state index in [9.17, 15) is 23.6 Å². The molecule has 2 heterocycles. The molecule has 0 fully saturated rings. The molecular weight excluding hydrogens is 515 g/mol. The summed E-state index contributed by atoms with van der Waals surface area (Å²) in [6, 6.07) is 23.7. The van der Waals surface area contributed by atoms with Gasteiger partial charge in [0, 0.05) is 24.0 Å². The zero-order valence-corrected chi connectivity index (χ0v) is 21.0. The summed E-state index contributed by atoms with van der Waals surface area (Å²) in [7, 11) is 0. The Labute approximate surface area is 228 Å². The minimum Gasteiger partial charge on any atom is -0.351 e. The lowest BCUT2D eigenvalue weighted by atomic mass is 9.88. The first kappa shape index (κ1) is 26.4. The van der Waals surface area contributed by atoms with Gasteiger partial charge in [0.15, 0.2) is 0 Å². The average molecular weight is 539 g/mol. The molecule has 4 aromatic rings. The van der Waals surface area contributed by atoms with E-state index in [-0.39, 0.29) is 35.7 Å². The second kappa shape index (κ2) is 11.7. The maximum atomic E-state index is 13.5. The number of imide groups is 1. The van der Waals surface area contributed by atoms with Crippen LogP contribution < -0.4 is 10.6 Å². The molecule has 4 amide bonds. The molecule has 2 N–H and O–H groups in total. The molecule has 10 heteroatoms. The van der Waals surface area contributed by atoms with Crippen LogP contribution in [0.5, 0.6) is 0 Å². The summed E-state index contributed by atoms with van der Waals surface area (Å²) in [5, 5.41) is 5.95. The van der Waals surface area contributed by atoms with Crippen molar-refractivity contribution in [3.63, 3.8) is 0 Å². The molecule has 0 radical (unpaired) electrons. The van der Waals surface area contributed by atoms with Crippen LogP contribution in [0, 0.1) is 5.82 Å². The molecule has 0 spiro atoms. The van der Waals surface area contributed by atoms with E-state index in [0.29, 0.717) is 16.2 Å². The Balaban J connectivity index is 1.43. The Hall–Kier alpha value is -5.22. The number of rotatable bonds is 8. The van der Waals surface area contributed by atoms with E-state index in [2.05, 4.69) is 15.6 Å². The van der Waals surface area contributed by atoms with E-state index in [1.54, 1.807) is 36.4 Å². The molecule has 1 aromatic heterocycles. The van der Waals surface area contributed by atoms with Crippen molar-refractivity contribution < 1.29 is 28.4 Å². The van der Waals surface area contributed by atoms with E-state index in [0.717, 1.165) is 0 Å². The predicted molar refractivity (Wildman–Crippen MR) is 142 cm³/mol. The lowest BCUT2D eigenvalue weighted by Crippen LogP contribution is -2.49. The van der Waals surface area contributed by atoms with Crippen molar-refractivity contribution in [1.82, 2.24) is 15.4 Å². The highest BCUT2D eigenvalue weighted by Gasteiger charge is 2.44. The summed E-state index contributed by atoms with van der Waals surface area (Å²) in [6.45, 7) is -0.0526. The first-order valence-electron chi connectivity index (χ1n) is 12.3. The molecule has 0 saturated carbocycles. The molecule has 1 unspecified atom stereocenters. The van der Waals surface area contributed by atoms with E-state index < -0.39 is 35.4 Å². The average Bonchev–Trinajstić information content (AvgIpc) is 2.98. The maximum Gasteiger partial charge on any atom is 0.285 e. The molecule has 0 saturated heterocycles. The number of amides is 4. The van der Waals surface area contributed by atoms with E-state index >= 15 is 0 Å². The molecule has 1 aliphatic rings. The number of nitrogens with one attached hydrogen (secondary N) is 2. The molecule has 1 aliphatic heterocycles. The number of hydroxylamine groups is 2. The molecule has 9 nitrogen and oxygen atoms in total. The number of fused-ring (bicyclic) bond motifs is 1. The Morgan fingerprint density at radius 3 is 2.38 bits per heavy atom. The summed E-state index contributed by atoms with van der Waals surface area (Å²) >= 11 is 0. The zero-order chi connectivity index (χ0) is 28.1. The number of hydrogen-bond acceptors (Lipinski definition) is 6. The van der Waals surface area contributed by atoms with Crippen LogP contribution in [0.15, 0.2) is 97.2 Å². The number of halogens is 1. The highest BCUT2D eigenvalue weighted by atomic mass is 19.1. The van der Waals surface area contributed by atoms with Gasteiger partial charge in [0.1, 0.15) is 24.0 Å². The monoisotopic (exact) mass is 538 g/mol. The molecule has 200 valence electrons. The normalized spacial score (nSPS) is 14.4. The number of hydrogen-bond donors (Lipinski definition) is 2. The van der Waals surface area contributed by atoms with Crippen LogP contribution in [0.4, 0.5) is 10.1 Å². The van der Waals surface area contributed by atoms with Gasteiger partial charge in [0.05, 0.1) is 0 Å². The summed E-state index contributed by atoms with van der Waals surface area (Å²) < 4.78 is 13.3. The van der Waals surface area contributed by atoms with Crippen LogP contribution >= 0.6 is 0 Å². The van der Waals surface area contributed by atoms with Crippen molar-refractivity contribution in [3.05, 3.63) is 131 Å². The van der Waals surface area contributed by atoms with E-state index in [1.165, 1.54) is 54.7 Å². The van der Waals surface area contributed by atoms with Crippen LogP contribution in [0.3, 0.4) is 0 Å². The van der Waals surface area contributed by atoms with Gasteiger partial charge < -0.3 is 10.6 Å². The molecule has 5 rings (SSSR count). The van der Waals surface area contributed by atoms with Crippen LogP contribution in [0.2, 0.25) is 0 Å². The van der Waals surface area contributed by atoms with Crippen molar-refractivity contribution in [1.29, 1.82) is 0 Å². The minimum absolute atomic E-state index is 0.0217. The van der Waals surface area contributed by atoms with Gasteiger partial charge in [0.25, 0.3) is 17.7 Å². The third-order valence-corrected chi connectivity index (χ3v) is 6.23. The Morgan fingerprint density at radius 1 is 0.900 bits per heavy atom. The van der Waals surface area contributed by atoms with Crippen molar-refractivity contribution in [2.75, 3.05) is 5.32 Å². The number of carbonyl (C=O) groups excluding carboxylic acids is 4. The third-order valence-electron chi connectivity index (χ3n) is 6.23. The largest absolute Gasteiger partial charge is 0.351 e. The minimum atomic E-state index is -1.40. The summed E-state index contributed by atoms with van der Waals surface area (Å²) in [4.78, 5) is 62.4. The Morgan fingerprint density at radius 2 is 1.65 bits per heavy atom. The number of anilines is 1. The van der Waals surface area contributed by atoms with Gasteiger partial charge in [-0.1, -0.05) is 54.6 Å². The first-order valence-corrected chi connectivity index (χ1v) is 12.3. The zero-order valence-electron chi connectivity index (χ0n) is 21.0. The van der Waals surface area contributed by atoms with Gasteiger partial charge in [-0.2, -0.15) is 0 Å². The quantitative estimate of drug-likeness (QED) is 0.259. The Bertz CT molecular complexity index is 1560. The van der Waals surface area contributed by atoms with E-state index in [4.69, 9.17) is 4.84 Å². The SMILES string of the molecule is O=C(Nc1ccc2c(c1)C(=O)N(OCc1ccccc1)C(=O)C2C(=O)NCc1ccc(F)cc1)c1ccccn1. The van der Waals surface area contributed by atoms with Crippen molar-refractivity contribution in [2.45, 2.75) is 19.1 Å². The number of pyridine rings is 1. The summed E-state index contributed by atoms with van der Waals surface area (Å²) in [5.74, 6) is -4.60. The van der Waals surface area contributed by atoms with Gasteiger partial charge in [-0.3, -0.25) is 29.0 Å². The Kier molecular flexibility index (Phi) is 7.70. The van der Waals surface area contributed by atoms with Gasteiger partial charge in [-0.25, -0.2) is 4.39 Å². The number of carbonyl (C=O) groups is 4. The fourth-order valence-corrected chi connectivity index (χ4v) is 4.21. The molecule has 0 bridgehead atoms. The summed E-state index contributed by atoms with van der Waals surface area (Å²) in [5.41, 5.74) is 1.97. The standard InChI is InChI=1S/C30H23FN4O5/c31-21-11-9-19(10-12-21)17-33-28(37)26-23-14-13-22(34-27(36)25-8-4-5-15-32-25)16-24(23)29(38)35(30(26)39)40-18-20-6-2-1-3-7-20/h1-16,26H,17-18H2,(H,33,37)(H,34,36). The predicted octanol–water partition coefficient (Wildman–Crippen LogP) is 3.99. The number of aromatic nitrogens is 1. The summed E-state index contributed by atoms with van der Waals surface area (Å²) in [6.07, 6.45) is 1.48. The highest BCUT2D eigenvalue weighted by molar-refractivity contribution is 6.18. The second-order valence-corrected chi connectivity index (χ2v) is 8.95. The van der Waals surface area contributed by atoms with Gasteiger partial charge >= 0.3 is 0 Å². The van der Waals surface area contributed by atoms with Gasteiger partial charge in [-0.05, 0) is 53.1 Å². The molecule has 0 aliphatic carbocycles. The molecule has 1 atom stereocenters. The van der Waals surface area contributed by atoms with Crippen molar-refractivity contribution >= 4 is 29.3 Å². The third kappa shape index (κ3) is 5.77. The van der Waals surface area contributed by atoms with Crippen LogP contribution in [0.25, 0.3) is 0 Å². The van der Waals surface area contributed by atoms with Crippen LogP contribution in [-0.4, -0.2) is 33.7 Å². The van der Waals surface area contributed by atoms with Crippen molar-refractivity contribution in [3.8, 4) is 0 Å². The fourth-order valence-electron chi connectivity index (χ4n) is 4.21. The van der Waals surface area contributed by atoms with Gasteiger partial charge in [-0.15, -0.1) is 5.06 Å². The molecule has 40 heavy (non-hydrogen) atoms. The first-order chi connectivity index (χ1) is 19.4. The number of nitrogens with zero attached hydrogens (tertiary/aromatic N) is 2. The fraction of sp³-hybridized carbons (Fsp3) is 0.100. The second-order valence-electron chi connectivity index (χ2n) is 8.95. The van der Waals surface area contributed by atoms with Gasteiger partial charge in [0.2, 0.25) is 5.91 Å². The van der Waals surface area contributed by atoms with E-state index in [1.807, 2.05) is 6.07 Å². The number of benzene rings is 3. The maximum absolute atomic E-state index is 13.5. The topological polar surface area (TPSA) is 118 Å². The van der Waals surface area contributed by atoms with Crippen molar-refractivity contribution in [2.24, 2.45) is 0 Å². The molecular formula is C30H23FN4O5. The highest BCUT2D eigenvalue weighted by Crippen LogP contribution is 2.32. The van der Waals surface area contributed by atoms with Crippen LogP contribution in [0.1, 0.15) is 43.5 Å². The van der Waals surface area contributed by atoms with Crippen LogP contribution in [-0.2, 0) is 27.6 Å².